The molecule has 1 unspecified atom stereocenters. The Labute approximate surface area is 233 Å². The average Bonchev–Trinajstić information content (AvgIpc) is 3.39. The summed E-state index contributed by atoms with van der Waals surface area (Å²) in [5.41, 5.74) is 1.72. The van der Waals surface area contributed by atoms with Crippen molar-refractivity contribution in [3.8, 4) is 5.69 Å². The molecule has 14 nitrogen and oxygen atoms in total. The minimum absolute atomic E-state index is 0.0731. The molecule has 0 radical (unpaired) electrons. The lowest BCUT2D eigenvalue weighted by Gasteiger charge is -2.27. The Balaban J connectivity index is 1.80. The van der Waals surface area contributed by atoms with Crippen molar-refractivity contribution in [3.63, 3.8) is 0 Å². The Kier molecular flexibility index (Phi) is 12.9. The first-order valence-corrected chi connectivity index (χ1v) is 12.8. The minimum atomic E-state index is -1.49. The zero-order chi connectivity index (χ0) is 29.7. The van der Waals surface area contributed by atoms with Crippen molar-refractivity contribution in [2.24, 2.45) is 0 Å². The highest BCUT2D eigenvalue weighted by Gasteiger charge is 2.29. The van der Waals surface area contributed by atoms with Crippen LogP contribution in [0.5, 0.6) is 0 Å². The van der Waals surface area contributed by atoms with Crippen LogP contribution >= 0.6 is 12.2 Å². The molecule has 2 atom stereocenters. The quantitative estimate of drug-likeness (QED) is 0.0887. The molecule has 0 aliphatic heterocycles. The van der Waals surface area contributed by atoms with Gasteiger partial charge in [-0.3, -0.25) is 19.2 Å². The van der Waals surface area contributed by atoms with Crippen LogP contribution in [-0.4, -0.2) is 94.8 Å². The fourth-order valence-corrected chi connectivity index (χ4v) is 3.82. The number of hydroxylamine groups is 2. The number of hydrogen-bond donors (Lipinski definition) is 6. The molecular weight excluding hydrogens is 551 g/mol. The number of carboxylic acid groups (broad SMARTS) is 3. The lowest BCUT2D eigenvalue weighted by Crippen LogP contribution is -2.52. The number of aromatic nitrogens is 3. The molecule has 6 N–H and O–H groups in total. The molecule has 0 saturated heterocycles. The van der Waals surface area contributed by atoms with Crippen LogP contribution in [0.15, 0.2) is 30.5 Å². The van der Waals surface area contributed by atoms with Gasteiger partial charge in [-0.05, 0) is 75.0 Å². The smallest absolute Gasteiger partial charge is 0.329 e. The van der Waals surface area contributed by atoms with Gasteiger partial charge in [0, 0.05) is 18.5 Å². The van der Waals surface area contributed by atoms with E-state index >= 15 is 0 Å². The van der Waals surface area contributed by atoms with Crippen LogP contribution in [0, 0.1) is 0 Å². The third-order valence-electron chi connectivity index (χ3n) is 5.72. The van der Waals surface area contributed by atoms with E-state index in [1.165, 1.54) is 4.68 Å². The van der Waals surface area contributed by atoms with Gasteiger partial charge < -0.3 is 26.0 Å². The zero-order valence-corrected chi connectivity index (χ0v) is 22.2. The van der Waals surface area contributed by atoms with Crippen molar-refractivity contribution in [1.82, 2.24) is 30.7 Å². The van der Waals surface area contributed by atoms with Crippen molar-refractivity contribution in [2.75, 3.05) is 13.2 Å². The molecule has 0 fully saturated rings. The van der Waals surface area contributed by atoms with Gasteiger partial charge in [0.2, 0.25) is 0 Å². The van der Waals surface area contributed by atoms with Gasteiger partial charge in [0.1, 0.15) is 6.04 Å². The molecule has 0 saturated carbocycles. The standard InChI is InChI=1S/C24H31FN6O8S/c25-12-3-4-16-14-30(29-28-16)17-8-6-15(7-9-17)21(34)26-13-2-1-5-19(23(37)38)31(39)24(40)27-18(22(35)36)10-11-20(32)33/h6-9,14,18-19,39H,1-5,10-13H2,(H,26,34)(H,27,40)(H,32,33)(H,35,36)(H,37,38)/t18?,19-/m0/s1. The molecule has 218 valence electrons. The zero-order valence-electron chi connectivity index (χ0n) is 21.4. The van der Waals surface area contributed by atoms with Crippen LogP contribution in [-0.2, 0) is 20.8 Å². The predicted molar refractivity (Wildman–Crippen MR) is 141 cm³/mol. The van der Waals surface area contributed by atoms with Crippen LogP contribution < -0.4 is 10.6 Å². The number of benzene rings is 1. The predicted octanol–water partition coefficient (Wildman–Crippen LogP) is 1.41. The molecule has 0 spiro atoms. The molecule has 1 aromatic carbocycles. The number of hydrogen-bond acceptors (Lipinski definition) is 8. The van der Waals surface area contributed by atoms with Gasteiger partial charge >= 0.3 is 17.9 Å². The molecule has 0 bridgehead atoms. The number of halogens is 1. The van der Waals surface area contributed by atoms with E-state index in [1.54, 1.807) is 30.5 Å². The van der Waals surface area contributed by atoms with Gasteiger partial charge in [0.05, 0.1) is 24.3 Å². The number of carbonyl (C=O) groups is 4. The molecular formula is C24H31FN6O8S. The molecule has 16 heteroatoms. The number of rotatable bonds is 17. The molecule has 40 heavy (non-hydrogen) atoms. The van der Waals surface area contributed by atoms with Crippen LogP contribution in [0.3, 0.4) is 0 Å². The third kappa shape index (κ3) is 10.2. The number of carbonyl (C=O) groups excluding carboxylic acids is 1. The summed E-state index contributed by atoms with van der Waals surface area (Å²) in [7, 11) is 0. The number of aliphatic carboxylic acids is 3. The lowest BCUT2D eigenvalue weighted by molar-refractivity contribution is -0.154. The van der Waals surface area contributed by atoms with Crippen molar-refractivity contribution in [3.05, 3.63) is 41.7 Å². The summed E-state index contributed by atoms with van der Waals surface area (Å²) < 4.78 is 13.8. The van der Waals surface area contributed by atoms with E-state index < -0.39 is 48.2 Å². The highest BCUT2D eigenvalue weighted by atomic mass is 32.1. The Morgan fingerprint density at radius 3 is 2.33 bits per heavy atom. The fourth-order valence-electron chi connectivity index (χ4n) is 3.55. The number of nitrogens with one attached hydrogen (secondary N) is 2. The average molecular weight is 583 g/mol. The Bertz CT molecular complexity index is 1180. The van der Waals surface area contributed by atoms with Crippen molar-refractivity contribution >= 4 is 41.1 Å². The summed E-state index contributed by atoms with van der Waals surface area (Å²) in [5, 5.41) is 50.3. The van der Waals surface area contributed by atoms with Gasteiger partial charge in [-0.2, -0.15) is 0 Å². The SMILES string of the molecule is O=C(O)CCC(NC(=S)N(O)[C@@H](CCCCNC(=O)c1ccc(-n2cc(CCCF)nn2)cc1)C(=O)O)C(=O)O. The van der Waals surface area contributed by atoms with Crippen LogP contribution in [0.4, 0.5) is 4.39 Å². The molecule has 0 aliphatic carbocycles. The van der Waals surface area contributed by atoms with E-state index in [-0.39, 0.29) is 36.8 Å². The summed E-state index contributed by atoms with van der Waals surface area (Å²) >= 11 is 4.91. The van der Waals surface area contributed by atoms with E-state index in [2.05, 4.69) is 20.9 Å². The monoisotopic (exact) mass is 582 g/mol. The van der Waals surface area contributed by atoms with E-state index in [0.717, 1.165) is 0 Å². The maximum absolute atomic E-state index is 12.4. The number of unbranched alkanes of at least 4 members (excludes halogenated alkanes) is 1. The molecule has 1 amide bonds. The number of carboxylic acids is 3. The molecule has 2 aromatic rings. The van der Waals surface area contributed by atoms with Crippen molar-refractivity contribution in [2.45, 2.75) is 57.0 Å². The number of aryl methyl sites for hydroxylation is 1. The number of alkyl halides is 1. The highest BCUT2D eigenvalue weighted by molar-refractivity contribution is 7.80. The number of thiocarbonyl (C=S) groups is 1. The van der Waals surface area contributed by atoms with Crippen LogP contribution in [0.1, 0.15) is 54.6 Å². The van der Waals surface area contributed by atoms with Gasteiger partial charge in [-0.25, -0.2) is 19.3 Å². The van der Waals surface area contributed by atoms with Gasteiger partial charge in [0.25, 0.3) is 5.91 Å². The first kappa shape index (κ1) is 32.0. The Hall–Kier alpha value is -4.18. The minimum Gasteiger partial charge on any atom is -0.481 e. The maximum Gasteiger partial charge on any atom is 0.329 e. The molecule has 2 rings (SSSR count). The second kappa shape index (κ2) is 16.0. The first-order chi connectivity index (χ1) is 19.0. The van der Waals surface area contributed by atoms with Crippen molar-refractivity contribution < 1.29 is 44.1 Å². The maximum atomic E-state index is 12.4. The van der Waals surface area contributed by atoms with Gasteiger partial charge in [-0.1, -0.05) is 5.21 Å². The normalized spacial score (nSPS) is 12.2. The lowest BCUT2D eigenvalue weighted by atomic mass is 10.1. The first-order valence-electron chi connectivity index (χ1n) is 12.3. The second-order valence-electron chi connectivity index (χ2n) is 8.72. The number of nitrogens with zero attached hydrogens (tertiary/aromatic N) is 4. The topological polar surface area (TPSA) is 207 Å². The molecule has 1 aromatic heterocycles. The fraction of sp³-hybridized carbons (Fsp3) is 0.458. The van der Waals surface area contributed by atoms with E-state index in [0.29, 0.717) is 36.2 Å². The van der Waals surface area contributed by atoms with Crippen LogP contribution in [0.25, 0.3) is 5.69 Å². The Morgan fingerprint density at radius 1 is 1.02 bits per heavy atom. The van der Waals surface area contributed by atoms with E-state index in [1.807, 2.05) is 0 Å². The summed E-state index contributed by atoms with van der Waals surface area (Å²) in [6.45, 7) is -0.215. The third-order valence-corrected chi connectivity index (χ3v) is 6.03. The highest BCUT2D eigenvalue weighted by Crippen LogP contribution is 2.12. The van der Waals surface area contributed by atoms with Gasteiger partial charge in [0.15, 0.2) is 11.2 Å². The molecule has 1 heterocycles. The van der Waals surface area contributed by atoms with Gasteiger partial charge in [-0.15, -0.1) is 5.10 Å². The van der Waals surface area contributed by atoms with E-state index in [4.69, 9.17) is 17.3 Å². The van der Waals surface area contributed by atoms with Crippen LogP contribution in [0.2, 0.25) is 0 Å². The molecule has 0 aliphatic rings. The number of amides is 1. The van der Waals surface area contributed by atoms with E-state index in [9.17, 15) is 39.0 Å². The summed E-state index contributed by atoms with van der Waals surface area (Å²) in [6.07, 6.45) is 2.30. The van der Waals surface area contributed by atoms with Crippen molar-refractivity contribution in [1.29, 1.82) is 0 Å². The largest absolute Gasteiger partial charge is 0.481 e. The Morgan fingerprint density at radius 2 is 1.73 bits per heavy atom. The summed E-state index contributed by atoms with van der Waals surface area (Å²) in [5.74, 6) is -4.39. The summed E-state index contributed by atoms with van der Waals surface area (Å²) in [4.78, 5) is 46.1. The second-order valence-corrected chi connectivity index (χ2v) is 9.10. The summed E-state index contributed by atoms with van der Waals surface area (Å²) in [6, 6.07) is 3.65.